The molecule has 6 heteroatoms. The standard InChI is InChI=1S/C13H18Cl2N2OS/c1-2-17(8-9-5-3-4-6-16-9)13(18)10-7-11(14)19-12(10)15/h7,9,16H,2-6,8H2,1H3. The maximum Gasteiger partial charge on any atom is 0.256 e. The van der Waals surface area contributed by atoms with Crippen molar-refractivity contribution in [2.24, 2.45) is 0 Å². The Bertz CT molecular complexity index is 444. The number of amides is 1. The van der Waals surface area contributed by atoms with E-state index >= 15 is 0 Å². The SMILES string of the molecule is CCN(CC1CCCCN1)C(=O)c1cc(Cl)sc1Cl. The quantitative estimate of drug-likeness (QED) is 0.918. The fourth-order valence-corrected chi connectivity index (χ4v) is 3.81. The number of hydrogen-bond donors (Lipinski definition) is 1. The van der Waals surface area contributed by atoms with E-state index in [0.717, 1.165) is 19.5 Å². The summed E-state index contributed by atoms with van der Waals surface area (Å²) in [7, 11) is 0. The molecule has 2 rings (SSSR count). The molecule has 0 aliphatic carbocycles. The first-order valence-corrected chi connectivity index (χ1v) is 8.16. The molecule has 1 atom stereocenters. The molecule has 0 spiro atoms. The predicted molar refractivity (Wildman–Crippen MR) is 81.6 cm³/mol. The summed E-state index contributed by atoms with van der Waals surface area (Å²) in [6.07, 6.45) is 3.58. The molecular weight excluding hydrogens is 303 g/mol. The summed E-state index contributed by atoms with van der Waals surface area (Å²) < 4.78 is 1.03. The number of thiophene rings is 1. The van der Waals surface area contributed by atoms with Gasteiger partial charge in [0.05, 0.1) is 9.90 Å². The summed E-state index contributed by atoms with van der Waals surface area (Å²) >= 11 is 13.2. The van der Waals surface area contributed by atoms with Crippen LogP contribution in [0.3, 0.4) is 0 Å². The average molecular weight is 321 g/mol. The predicted octanol–water partition coefficient (Wildman–Crippen LogP) is 3.66. The lowest BCUT2D eigenvalue weighted by Gasteiger charge is -2.29. The maximum absolute atomic E-state index is 12.4. The van der Waals surface area contributed by atoms with Gasteiger partial charge in [-0.15, -0.1) is 11.3 Å². The van der Waals surface area contributed by atoms with Crippen molar-refractivity contribution in [1.29, 1.82) is 0 Å². The van der Waals surface area contributed by atoms with Crippen LogP contribution < -0.4 is 5.32 Å². The Kier molecular flexibility index (Phi) is 5.51. The molecule has 1 aliphatic heterocycles. The number of carbonyl (C=O) groups is 1. The molecule has 3 nitrogen and oxygen atoms in total. The highest BCUT2D eigenvalue weighted by atomic mass is 35.5. The van der Waals surface area contributed by atoms with Gasteiger partial charge in [-0.3, -0.25) is 4.79 Å². The molecule has 2 heterocycles. The molecule has 1 aliphatic rings. The third-order valence-corrected chi connectivity index (χ3v) is 4.90. The number of halogens is 2. The van der Waals surface area contributed by atoms with Gasteiger partial charge in [-0.05, 0) is 32.4 Å². The van der Waals surface area contributed by atoms with Crippen LogP contribution in [0, 0.1) is 0 Å². The zero-order valence-corrected chi connectivity index (χ0v) is 13.2. The molecule has 106 valence electrons. The first-order valence-electron chi connectivity index (χ1n) is 6.59. The van der Waals surface area contributed by atoms with E-state index in [0.29, 0.717) is 26.8 Å². The van der Waals surface area contributed by atoms with Crippen molar-refractivity contribution in [2.75, 3.05) is 19.6 Å². The lowest BCUT2D eigenvalue weighted by molar-refractivity contribution is 0.0742. The Morgan fingerprint density at radius 3 is 2.84 bits per heavy atom. The average Bonchev–Trinajstić information content (AvgIpc) is 2.75. The summed E-state index contributed by atoms with van der Waals surface area (Å²) in [5.74, 6) is -0.0250. The highest BCUT2D eigenvalue weighted by Crippen LogP contribution is 2.32. The van der Waals surface area contributed by atoms with Crippen molar-refractivity contribution in [3.8, 4) is 0 Å². The lowest BCUT2D eigenvalue weighted by atomic mass is 10.0. The second-order valence-corrected chi connectivity index (χ2v) is 7.01. The van der Waals surface area contributed by atoms with Crippen molar-refractivity contribution >= 4 is 40.4 Å². The summed E-state index contributed by atoms with van der Waals surface area (Å²) in [4.78, 5) is 14.3. The van der Waals surface area contributed by atoms with Crippen LogP contribution in [-0.4, -0.2) is 36.5 Å². The minimum absolute atomic E-state index is 0.0250. The van der Waals surface area contributed by atoms with Crippen molar-refractivity contribution in [3.63, 3.8) is 0 Å². The lowest BCUT2D eigenvalue weighted by Crippen LogP contribution is -2.45. The van der Waals surface area contributed by atoms with Crippen LogP contribution in [0.4, 0.5) is 0 Å². The van der Waals surface area contributed by atoms with Crippen LogP contribution in [0.15, 0.2) is 6.07 Å². The van der Waals surface area contributed by atoms with Crippen molar-refractivity contribution in [3.05, 3.63) is 20.3 Å². The van der Waals surface area contributed by atoms with E-state index in [9.17, 15) is 4.79 Å². The summed E-state index contributed by atoms with van der Waals surface area (Å²) in [6.45, 7) is 4.45. The molecule has 0 bridgehead atoms. The normalized spacial score (nSPS) is 19.4. The van der Waals surface area contributed by atoms with Gasteiger partial charge in [-0.25, -0.2) is 0 Å². The van der Waals surface area contributed by atoms with Gasteiger partial charge in [0.1, 0.15) is 4.34 Å². The van der Waals surface area contributed by atoms with Gasteiger partial charge in [0.2, 0.25) is 0 Å². The number of rotatable bonds is 4. The van der Waals surface area contributed by atoms with Gasteiger partial charge in [-0.1, -0.05) is 29.6 Å². The van der Waals surface area contributed by atoms with Gasteiger partial charge in [0.25, 0.3) is 5.91 Å². The maximum atomic E-state index is 12.4. The molecule has 1 aromatic rings. The van der Waals surface area contributed by atoms with Crippen molar-refractivity contribution in [2.45, 2.75) is 32.2 Å². The Hall–Kier alpha value is -0.290. The van der Waals surface area contributed by atoms with E-state index in [4.69, 9.17) is 23.2 Å². The van der Waals surface area contributed by atoms with Gasteiger partial charge in [0.15, 0.2) is 0 Å². The zero-order valence-electron chi connectivity index (χ0n) is 10.9. The summed E-state index contributed by atoms with van der Waals surface area (Å²) in [6, 6.07) is 2.05. The highest BCUT2D eigenvalue weighted by molar-refractivity contribution is 7.20. The number of nitrogens with zero attached hydrogens (tertiary/aromatic N) is 1. The van der Waals surface area contributed by atoms with Gasteiger partial charge < -0.3 is 10.2 Å². The Balaban J connectivity index is 2.04. The van der Waals surface area contributed by atoms with Gasteiger partial charge in [-0.2, -0.15) is 0 Å². The van der Waals surface area contributed by atoms with E-state index in [1.165, 1.54) is 24.2 Å². The first kappa shape index (κ1) is 15.1. The van der Waals surface area contributed by atoms with Crippen LogP contribution in [0.5, 0.6) is 0 Å². The molecule has 0 saturated carbocycles. The molecule has 0 radical (unpaired) electrons. The van der Waals surface area contributed by atoms with Crippen molar-refractivity contribution in [1.82, 2.24) is 10.2 Å². The minimum Gasteiger partial charge on any atom is -0.337 e. The third kappa shape index (κ3) is 3.85. The van der Waals surface area contributed by atoms with E-state index in [1.54, 1.807) is 6.07 Å². The topological polar surface area (TPSA) is 32.3 Å². The molecule has 1 amide bonds. The molecule has 1 N–H and O–H groups in total. The number of likely N-dealkylation sites (N-methyl/N-ethyl adjacent to an activating group) is 1. The molecular formula is C13H18Cl2N2OS. The van der Waals surface area contributed by atoms with Crippen molar-refractivity contribution < 1.29 is 4.79 Å². The third-order valence-electron chi connectivity index (χ3n) is 3.41. The highest BCUT2D eigenvalue weighted by Gasteiger charge is 2.23. The summed E-state index contributed by atoms with van der Waals surface area (Å²) in [5, 5.41) is 3.46. The minimum atomic E-state index is -0.0250. The molecule has 1 unspecified atom stereocenters. The number of hydrogen-bond acceptors (Lipinski definition) is 3. The van der Waals surface area contributed by atoms with Crippen LogP contribution in [0.25, 0.3) is 0 Å². The largest absolute Gasteiger partial charge is 0.337 e. The Morgan fingerprint density at radius 2 is 2.32 bits per heavy atom. The van der Waals surface area contributed by atoms with E-state index < -0.39 is 0 Å². The molecule has 1 aromatic heterocycles. The molecule has 19 heavy (non-hydrogen) atoms. The second-order valence-electron chi connectivity index (χ2n) is 4.73. The van der Waals surface area contributed by atoms with E-state index in [1.807, 2.05) is 11.8 Å². The smallest absolute Gasteiger partial charge is 0.256 e. The Morgan fingerprint density at radius 1 is 1.53 bits per heavy atom. The number of piperidine rings is 1. The van der Waals surface area contributed by atoms with E-state index in [2.05, 4.69) is 5.32 Å². The molecule has 1 fully saturated rings. The number of nitrogens with one attached hydrogen (secondary N) is 1. The fourth-order valence-electron chi connectivity index (χ4n) is 2.36. The molecule has 0 aromatic carbocycles. The molecule has 1 saturated heterocycles. The van der Waals surface area contributed by atoms with Crippen LogP contribution in [-0.2, 0) is 0 Å². The first-order chi connectivity index (χ1) is 9.11. The van der Waals surface area contributed by atoms with Crippen LogP contribution in [0.2, 0.25) is 8.67 Å². The fraction of sp³-hybridized carbons (Fsp3) is 0.615. The monoisotopic (exact) mass is 320 g/mol. The Labute approximate surface area is 127 Å². The second kappa shape index (κ2) is 6.93. The zero-order chi connectivity index (χ0) is 13.8. The van der Waals surface area contributed by atoms with Gasteiger partial charge in [0, 0.05) is 19.1 Å². The number of carbonyl (C=O) groups excluding carboxylic acids is 1. The van der Waals surface area contributed by atoms with E-state index in [-0.39, 0.29) is 5.91 Å². The van der Waals surface area contributed by atoms with Crippen LogP contribution >= 0.6 is 34.5 Å². The summed E-state index contributed by atoms with van der Waals surface area (Å²) in [5.41, 5.74) is 0.523. The van der Waals surface area contributed by atoms with Crippen LogP contribution in [0.1, 0.15) is 36.5 Å². The van der Waals surface area contributed by atoms with Gasteiger partial charge >= 0.3 is 0 Å².